The Morgan fingerprint density at radius 2 is 2.18 bits per heavy atom. The van der Waals surface area contributed by atoms with Gasteiger partial charge in [0.15, 0.2) is 0 Å². The number of benzene rings is 1. The molecule has 0 saturated heterocycles. The van der Waals surface area contributed by atoms with Crippen LogP contribution in [0.3, 0.4) is 0 Å². The van der Waals surface area contributed by atoms with Gasteiger partial charge in [-0.25, -0.2) is 9.97 Å². The monoisotopic (exact) mass is 251 g/mol. The standard InChI is InChI=1S/C10H10ClN5O/c1-17-8-3-2-6(11)4-7(8)15-10-14-5-13-9(12)16-10/h2-5H,1H3,(H3,12,13,14,15,16). The minimum Gasteiger partial charge on any atom is -0.495 e. The number of nitrogens with two attached hydrogens (primary N) is 1. The number of methoxy groups -OCH3 is 1. The number of hydrogen-bond donors (Lipinski definition) is 2. The number of hydrogen-bond acceptors (Lipinski definition) is 6. The van der Waals surface area contributed by atoms with E-state index in [-0.39, 0.29) is 5.95 Å². The average Bonchev–Trinajstić information content (AvgIpc) is 2.29. The Balaban J connectivity index is 2.32. The van der Waals surface area contributed by atoms with E-state index in [0.717, 1.165) is 0 Å². The number of rotatable bonds is 3. The summed E-state index contributed by atoms with van der Waals surface area (Å²) < 4.78 is 5.18. The van der Waals surface area contributed by atoms with Crippen LogP contribution in [-0.4, -0.2) is 22.1 Å². The Labute approximate surface area is 103 Å². The van der Waals surface area contributed by atoms with E-state index in [1.54, 1.807) is 25.3 Å². The first-order valence-electron chi connectivity index (χ1n) is 4.74. The molecule has 1 aromatic heterocycles. The SMILES string of the molecule is COc1ccc(Cl)cc1Nc1ncnc(N)n1. The molecule has 0 fully saturated rings. The van der Waals surface area contributed by atoms with E-state index < -0.39 is 0 Å². The highest BCUT2D eigenvalue weighted by atomic mass is 35.5. The maximum atomic E-state index is 5.90. The molecule has 0 spiro atoms. The van der Waals surface area contributed by atoms with E-state index in [1.165, 1.54) is 6.33 Å². The van der Waals surface area contributed by atoms with Crippen molar-refractivity contribution in [2.24, 2.45) is 0 Å². The second kappa shape index (κ2) is 4.84. The van der Waals surface area contributed by atoms with Gasteiger partial charge in [-0.2, -0.15) is 4.98 Å². The van der Waals surface area contributed by atoms with Crippen molar-refractivity contribution in [3.05, 3.63) is 29.5 Å². The molecule has 0 saturated carbocycles. The molecule has 0 unspecified atom stereocenters. The van der Waals surface area contributed by atoms with Crippen LogP contribution in [0.1, 0.15) is 0 Å². The lowest BCUT2D eigenvalue weighted by molar-refractivity contribution is 0.417. The number of nitrogens with one attached hydrogen (secondary N) is 1. The van der Waals surface area contributed by atoms with E-state index in [1.807, 2.05) is 0 Å². The first-order chi connectivity index (χ1) is 8.19. The molecule has 88 valence electrons. The van der Waals surface area contributed by atoms with Crippen molar-refractivity contribution < 1.29 is 4.74 Å². The molecule has 2 rings (SSSR count). The number of nitrogen functional groups attached to an aromatic ring is 1. The summed E-state index contributed by atoms with van der Waals surface area (Å²) >= 11 is 5.90. The number of nitrogens with zero attached hydrogens (tertiary/aromatic N) is 3. The number of aromatic nitrogens is 3. The summed E-state index contributed by atoms with van der Waals surface area (Å²) in [5, 5.41) is 3.53. The van der Waals surface area contributed by atoms with Crippen molar-refractivity contribution in [1.29, 1.82) is 0 Å². The zero-order chi connectivity index (χ0) is 12.3. The van der Waals surface area contributed by atoms with Crippen LogP contribution in [0.4, 0.5) is 17.6 Å². The molecule has 0 aliphatic rings. The van der Waals surface area contributed by atoms with E-state index in [9.17, 15) is 0 Å². The average molecular weight is 252 g/mol. The molecule has 1 aromatic carbocycles. The minimum atomic E-state index is 0.142. The van der Waals surface area contributed by atoms with Crippen LogP contribution in [0.15, 0.2) is 24.5 Å². The molecular weight excluding hydrogens is 242 g/mol. The molecule has 0 aliphatic carbocycles. The van der Waals surface area contributed by atoms with Crippen molar-refractivity contribution in [2.45, 2.75) is 0 Å². The quantitative estimate of drug-likeness (QED) is 0.866. The Bertz CT molecular complexity index is 534. The Morgan fingerprint density at radius 1 is 1.35 bits per heavy atom. The van der Waals surface area contributed by atoms with Crippen LogP contribution in [0.2, 0.25) is 5.02 Å². The highest BCUT2D eigenvalue weighted by Crippen LogP contribution is 2.29. The fourth-order valence-corrected chi connectivity index (χ4v) is 1.44. The topological polar surface area (TPSA) is 86.0 Å². The highest BCUT2D eigenvalue weighted by molar-refractivity contribution is 6.30. The summed E-state index contributed by atoms with van der Waals surface area (Å²) in [5.74, 6) is 1.11. The molecule has 1 heterocycles. The summed E-state index contributed by atoms with van der Waals surface area (Å²) in [5.41, 5.74) is 6.11. The maximum Gasteiger partial charge on any atom is 0.232 e. The molecule has 7 heteroatoms. The summed E-state index contributed by atoms with van der Waals surface area (Å²) in [6, 6.07) is 5.18. The first-order valence-corrected chi connectivity index (χ1v) is 5.12. The molecular formula is C10H10ClN5O. The van der Waals surface area contributed by atoms with Crippen LogP contribution in [0, 0.1) is 0 Å². The molecule has 0 amide bonds. The van der Waals surface area contributed by atoms with E-state index in [0.29, 0.717) is 22.4 Å². The Kier molecular flexibility index (Phi) is 3.24. The fraction of sp³-hybridized carbons (Fsp3) is 0.100. The van der Waals surface area contributed by atoms with Gasteiger partial charge in [0.05, 0.1) is 12.8 Å². The summed E-state index contributed by atoms with van der Waals surface area (Å²) in [6.45, 7) is 0. The van der Waals surface area contributed by atoms with Gasteiger partial charge in [-0.05, 0) is 18.2 Å². The van der Waals surface area contributed by atoms with E-state index in [2.05, 4.69) is 20.3 Å². The smallest absolute Gasteiger partial charge is 0.232 e. The summed E-state index contributed by atoms with van der Waals surface area (Å²) in [4.78, 5) is 11.5. The Hall–Kier alpha value is -2.08. The van der Waals surface area contributed by atoms with E-state index >= 15 is 0 Å². The lowest BCUT2D eigenvalue weighted by atomic mass is 10.3. The van der Waals surface area contributed by atoms with Gasteiger partial charge in [0, 0.05) is 5.02 Å². The molecule has 0 bridgehead atoms. The Morgan fingerprint density at radius 3 is 2.88 bits per heavy atom. The highest BCUT2D eigenvalue weighted by Gasteiger charge is 2.06. The van der Waals surface area contributed by atoms with Crippen molar-refractivity contribution in [3.63, 3.8) is 0 Å². The molecule has 3 N–H and O–H groups in total. The predicted octanol–water partition coefficient (Wildman–Crippen LogP) is 1.86. The lowest BCUT2D eigenvalue weighted by Crippen LogP contribution is -2.02. The third kappa shape index (κ3) is 2.73. The van der Waals surface area contributed by atoms with E-state index in [4.69, 9.17) is 22.1 Å². The molecule has 0 aliphatic heterocycles. The zero-order valence-electron chi connectivity index (χ0n) is 9.01. The van der Waals surface area contributed by atoms with Gasteiger partial charge >= 0.3 is 0 Å². The third-order valence-electron chi connectivity index (χ3n) is 2.00. The van der Waals surface area contributed by atoms with Crippen molar-refractivity contribution >= 4 is 29.2 Å². The van der Waals surface area contributed by atoms with Gasteiger partial charge in [-0.15, -0.1) is 0 Å². The number of anilines is 3. The molecule has 6 nitrogen and oxygen atoms in total. The van der Waals surface area contributed by atoms with Crippen LogP contribution in [0.25, 0.3) is 0 Å². The van der Waals surface area contributed by atoms with Gasteiger partial charge in [-0.1, -0.05) is 11.6 Å². The number of ether oxygens (including phenoxy) is 1. The van der Waals surface area contributed by atoms with Crippen molar-refractivity contribution in [3.8, 4) is 5.75 Å². The first kappa shape index (κ1) is 11.4. The normalized spacial score (nSPS) is 10.0. The number of halogens is 1. The zero-order valence-corrected chi connectivity index (χ0v) is 9.77. The largest absolute Gasteiger partial charge is 0.495 e. The molecule has 2 aromatic rings. The minimum absolute atomic E-state index is 0.142. The third-order valence-corrected chi connectivity index (χ3v) is 2.23. The van der Waals surface area contributed by atoms with Gasteiger partial charge < -0.3 is 15.8 Å². The van der Waals surface area contributed by atoms with Gasteiger partial charge in [0.25, 0.3) is 0 Å². The second-order valence-corrected chi connectivity index (χ2v) is 3.57. The van der Waals surface area contributed by atoms with Crippen LogP contribution in [-0.2, 0) is 0 Å². The van der Waals surface area contributed by atoms with Gasteiger partial charge in [0.2, 0.25) is 11.9 Å². The molecule has 0 atom stereocenters. The van der Waals surface area contributed by atoms with Crippen LogP contribution >= 0.6 is 11.6 Å². The lowest BCUT2D eigenvalue weighted by Gasteiger charge is -2.09. The fourth-order valence-electron chi connectivity index (χ4n) is 1.27. The predicted molar refractivity (Wildman–Crippen MR) is 65.5 cm³/mol. The second-order valence-electron chi connectivity index (χ2n) is 3.14. The van der Waals surface area contributed by atoms with Gasteiger partial charge in [0.1, 0.15) is 12.1 Å². The van der Waals surface area contributed by atoms with Gasteiger partial charge in [-0.3, -0.25) is 0 Å². The summed E-state index contributed by atoms with van der Waals surface area (Å²) in [7, 11) is 1.57. The maximum absolute atomic E-state index is 5.90. The summed E-state index contributed by atoms with van der Waals surface area (Å²) in [6.07, 6.45) is 1.32. The van der Waals surface area contributed by atoms with Crippen LogP contribution in [0.5, 0.6) is 5.75 Å². The van der Waals surface area contributed by atoms with Crippen LogP contribution < -0.4 is 15.8 Å². The van der Waals surface area contributed by atoms with Crippen molar-refractivity contribution in [2.75, 3.05) is 18.2 Å². The van der Waals surface area contributed by atoms with Crippen molar-refractivity contribution in [1.82, 2.24) is 15.0 Å². The molecule has 0 radical (unpaired) electrons. The molecule has 17 heavy (non-hydrogen) atoms.